The van der Waals surface area contributed by atoms with E-state index in [0.717, 1.165) is 11.3 Å². The monoisotopic (exact) mass is 200 g/mol. The van der Waals surface area contributed by atoms with E-state index in [4.69, 9.17) is 5.73 Å². The maximum atomic E-state index is 11.5. The van der Waals surface area contributed by atoms with E-state index in [1.165, 1.54) is 6.07 Å². The maximum Gasteiger partial charge on any atom is 0.252 e. The van der Waals surface area contributed by atoms with Crippen molar-refractivity contribution < 1.29 is 0 Å². The third kappa shape index (κ3) is 1.76. The molecule has 0 amide bonds. The minimum Gasteiger partial charge on any atom is -0.399 e. The topological polar surface area (TPSA) is 48.0 Å². The van der Waals surface area contributed by atoms with Crippen LogP contribution in [0.2, 0.25) is 0 Å². The first-order valence-corrected chi connectivity index (χ1v) is 4.70. The van der Waals surface area contributed by atoms with E-state index in [1.807, 2.05) is 30.3 Å². The highest BCUT2D eigenvalue weighted by Gasteiger charge is 2.03. The number of nitrogens with zero attached hydrogens (tertiary/aromatic N) is 1. The molecule has 0 radical (unpaired) electrons. The first kappa shape index (κ1) is 9.52. The van der Waals surface area contributed by atoms with Crippen LogP contribution < -0.4 is 11.3 Å². The summed E-state index contributed by atoms with van der Waals surface area (Å²) in [5, 5.41) is 0. The third-order valence-corrected chi connectivity index (χ3v) is 2.36. The molecule has 0 bridgehead atoms. The zero-order chi connectivity index (χ0) is 10.8. The second kappa shape index (κ2) is 3.61. The second-order valence-electron chi connectivity index (χ2n) is 3.44. The third-order valence-electron chi connectivity index (χ3n) is 2.36. The Morgan fingerprint density at radius 3 is 2.47 bits per heavy atom. The van der Waals surface area contributed by atoms with Crippen LogP contribution in [-0.4, -0.2) is 4.57 Å². The molecule has 3 nitrogen and oxygen atoms in total. The van der Waals surface area contributed by atoms with Crippen molar-refractivity contribution in [3.05, 3.63) is 52.8 Å². The van der Waals surface area contributed by atoms with Crippen LogP contribution in [0.1, 0.15) is 0 Å². The molecule has 2 aromatic rings. The van der Waals surface area contributed by atoms with Crippen LogP contribution in [-0.2, 0) is 7.05 Å². The molecule has 0 saturated heterocycles. The van der Waals surface area contributed by atoms with Gasteiger partial charge in [0.15, 0.2) is 0 Å². The van der Waals surface area contributed by atoms with Crippen molar-refractivity contribution in [2.45, 2.75) is 0 Å². The number of pyridine rings is 1. The van der Waals surface area contributed by atoms with Crippen molar-refractivity contribution in [2.24, 2.45) is 7.05 Å². The lowest BCUT2D eigenvalue weighted by molar-refractivity contribution is 0.872. The van der Waals surface area contributed by atoms with Gasteiger partial charge in [0, 0.05) is 18.8 Å². The molecule has 0 unspecified atom stereocenters. The van der Waals surface area contributed by atoms with E-state index < -0.39 is 0 Å². The minimum atomic E-state index is -0.0890. The van der Waals surface area contributed by atoms with Crippen LogP contribution >= 0.6 is 0 Å². The lowest BCUT2D eigenvalue weighted by atomic mass is 10.1. The van der Waals surface area contributed by atoms with E-state index in [0.29, 0.717) is 5.69 Å². The summed E-state index contributed by atoms with van der Waals surface area (Å²) in [4.78, 5) is 11.5. The number of anilines is 1. The minimum absolute atomic E-state index is 0.0890. The molecule has 1 aromatic heterocycles. The van der Waals surface area contributed by atoms with Gasteiger partial charge in [-0.1, -0.05) is 30.3 Å². The summed E-state index contributed by atoms with van der Waals surface area (Å²) in [6.07, 6.45) is 0. The summed E-state index contributed by atoms with van der Waals surface area (Å²) >= 11 is 0. The Balaban J connectivity index is 2.68. The summed E-state index contributed by atoms with van der Waals surface area (Å²) in [6, 6.07) is 12.9. The van der Waals surface area contributed by atoms with Crippen molar-refractivity contribution in [3.63, 3.8) is 0 Å². The number of hydrogen-bond donors (Lipinski definition) is 1. The zero-order valence-corrected chi connectivity index (χ0v) is 8.47. The van der Waals surface area contributed by atoms with Gasteiger partial charge in [-0.15, -0.1) is 0 Å². The van der Waals surface area contributed by atoms with E-state index in [9.17, 15) is 4.79 Å². The molecule has 3 heteroatoms. The normalized spacial score (nSPS) is 10.2. The van der Waals surface area contributed by atoms with Crippen LogP contribution in [0.15, 0.2) is 47.3 Å². The molecule has 0 saturated carbocycles. The predicted octanol–water partition coefficient (Wildman–Crippen LogP) is 1.63. The summed E-state index contributed by atoms with van der Waals surface area (Å²) in [5.74, 6) is 0. The van der Waals surface area contributed by atoms with Gasteiger partial charge in [-0.2, -0.15) is 0 Å². The lowest BCUT2D eigenvalue weighted by Gasteiger charge is -2.08. The molecule has 0 aliphatic carbocycles. The summed E-state index contributed by atoms with van der Waals surface area (Å²) in [7, 11) is 1.74. The maximum absolute atomic E-state index is 11.5. The van der Waals surface area contributed by atoms with Gasteiger partial charge in [0.2, 0.25) is 0 Å². The quantitative estimate of drug-likeness (QED) is 0.760. The molecule has 0 spiro atoms. The van der Waals surface area contributed by atoms with E-state index in [-0.39, 0.29) is 5.56 Å². The van der Waals surface area contributed by atoms with Crippen molar-refractivity contribution >= 4 is 5.69 Å². The molecule has 0 aliphatic rings. The first-order valence-electron chi connectivity index (χ1n) is 4.70. The summed E-state index contributed by atoms with van der Waals surface area (Å²) in [5.41, 5.74) is 7.88. The van der Waals surface area contributed by atoms with Gasteiger partial charge in [-0.25, -0.2) is 0 Å². The molecule has 0 fully saturated rings. The number of rotatable bonds is 1. The van der Waals surface area contributed by atoms with Gasteiger partial charge in [0.1, 0.15) is 0 Å². The summed E-state index contributed by atoms with van der Waals surface area (Å²) < 4.78 is 1.59. The Labute approximate surface area is 87.8 Å². The van der Waals surface area contributed by atoms with Gasteiger partial charge in [-0.05, 0) is 11.6 Å². The Hall–Kier alpha value is -2.03. The number of nitrogens with two attached hydrogens (primary N) is 1. The molecular weight excluding hydrogens is 188 g/mol. The highest BCUT2D eigenvalue weighted by Crippen LogP contribution is 2.18. The van der Waals surface area contributed by atoms with Crippen molar-refractivity contribution in [1.82, 2.24) is 4.57 Å². The molecule has 76 valence electrons. The number of aromatic nitrogens is 1. The standard InChI is InChI=1S/C12H12N2O/c1-14-11(7-10(13)8-12(14)15)9-5-3-2-4-6-9/h2-8H,13H2,1H3. The Bertz CT molecular complexity index is 529. The second-order valence-corrected chi connectivity index (χ2v) is 3.44. The van der Waals surface area contributed by atoms with Gasteiger partial charge >= 0.3 is 0 Å². The molecule has 2 rings (SSSR count). The first-order chi connectivity index (χ1) is 7.18. The van der Waals surface area contributed by atoms with E-state index in [2.05, 4.69) is 0 Å². The Morgan fingerprint density at radius 1 is 1.13 bits per heavy atom. The van der Waals surface area contributed by atoms with E-state index in [1.54, 1.807) is 17.7 Å². The van der Waals surface area contributed by atoms with Gasteiger partial charge in [-0.3, -0.25) is 4.79 Å². The SMILES string of the molecule is Cn1c(-c2ccccc2)cc(N)cc1=O. The van der Waals surface area contributed by atoms with Crippen LogP contribution in [0.5, 0.6) is 0 Å². The number of benzene rings is 1. The zero-order valence-electron chi connectivity index (χ0n) is 8.47. The van der Waals surface area contributed by atoms with Crippen LogP contribution in [0.4, 0.5) is 5.69 Å². The summed E-state index contributed by atoms with van der Waals surface area (Å²) in [6.45, 7) is 0. The van der Waals surface area contributed by atoms with Crippen LogP contribution in [0.25, 0.3) is 11.3 Å². The van der Waals surface area contributed by atoms with Crippen molar-refractivity contribution in [2.75, 3.05) is 5.73 Å². The van der Waals surface area contributed by atoms with Crippen LogP contribution in [0, 0.1) is 0 Å². The molecule has 15 heavy (non-hydrogen) atoms. The fourth-order valence-corrected chi connectivity index (χ4v) is 1.54. The number of nitrogen functional groups attached to an aromatic ring is 1. The highest BCUT2D eigenvalue weighted by atomic mass is 16.1. The molecular formula is C12H12N2O. The fraction of sp³-hybridized carbons (Fsp3) is 0.0833. The van der Waals surface area contributed by atoms with E-state index >= 15 is 0 Å². The largest absolute Gasteiger partial charge is 0.399 e. The molecule has 0 atom stereocenters. The van der Waals surface area contributed by atoms with Gasteiger partial charge in [0.05, 0.1) is 5.69 Å². The molecule has 1 heterocycles. The predicted molar refractivity (Wildman–Crippen MR) is 61.5 cm³/mol. The average Bonchev–Trinajstić information content (AvgIpc) is 2.24. The number of hydrogen-bond acceptors (Lipinski definition) is 2. The van der Waals surface area contributed by atoms with Gasteiger partial charge < -0.3 is 10.3 Å². The van der Waals surface area contributed by atoms with Crippen molar-refractivity contribution in [1.29, 1.82) is 0 Å². The smallest absolute Gasteiger partial charge is 0.252 e. The van der Waals surface area contributed by atoms with Gasteiger partial charge in [0.25, 0.3) is 5.56 Å². The fourth-order valence-electron chi connectivity index (χ4n) is 1.54. The Kier molecular flexibility index (Phi) is 2.29. The van der Waals surface area contributed by atoms with Crippen LogP contribution in [0.3, 0.4) is 0 Å². The van der Waals surface area contributed by atoms with Crippen molar-refractivity contribution in [3.8, 4) is 11.3 Å². The molecule has 0 aliphatic heterocycles. The Morgan fingerprint density at radius 2 is 1.80 bits per heavy atom. The molecule has 2 N–H and O–H groups in total. The average molecular weight is 200 g/mol. The molecule has 1 aromatic carbocycles. The highest BCUT2D eigenvalue weighted by molar-refractivity contribution is 5.63. The lowest BCUT2D eigenvalue weighted by Crippen LogP contribution is -2.17.